The van der Waals surface area contributed by atoms with Crippen molar-refractivity contribution in [2.24, 2.45) is 5.73 Å². The highest BCUT2D eigenvalue weighted by Crippen LogP contribution is 1.95. The first-order chi connectivity index (χ1) is 5.35. The molecule has 3 nitrogen and oxygen atoms in total. The van der Waals surface area contributed by atoms with Gasteiger partial charge in [0.15, 0.2) is 0 Å². The molecule has 11 heavy (non-hydrogen) atoms. The van der Waals surface area contributed by atoms with Gasteiger partial charge in [-0.3, -0.25) is 0 Å². The van der Waals surface area contributed by atoms with Crippen LogP contribution in [-0.2, 0) is 0 Å². The molecular weight excluding hydrogens is 138 g/mol. The Morgan fingerprint density at radius 3 is 2.82 bits per heavy atom. The molecule has 0 aliphatic rings. The van der Waals surface area contributed by atoms with Crippen LogP contribution in [0, 0.1) is 11.3 Å². The molecule has 0 rings (SSSR count). The molecule has 0 bridgehead atoms. The van der Waals surface area contributed by atoms with Crippen LogP contribution in [-0.4, -0.2) is 19.1 Å². The van der Waals surface area contributed by atoms with Crippen molar-refractivity contribution in [3.63, 3.8) is 0 Å². The topological polar surface area (TPSA) is 61.8 Å². The highest BCUT2D eigenvalue weighted by Gasteiger charge is 2.02. The predicted molar refractivity (Wildman–Crippen MR) is 46.0 cm³/mol. The molecule has 64 valence electrons. The Morgan fingerprint density at radius 1 is 1.64 bits per heavy atom. The maximum atomic E-state index is 8.41. The van der Waals surface area contributed by atoms with Crippen molar-refractivity contribution in [1.82, 2.24) is 5.32 Å². The van der Waals surface area contributed by atoms with Gasteiger partial charge in [0, 0.05) is 6.04 Å². The second-order valence-corrected chi connectivity index (χ2v) is 2.56. The van der Waals surface area contributed by atoms with E-state index in [0.29, 0.717) is 12.5 Å². The third-order valence-corrected chi connectivity index (χ3v) is 1.64. The minimum absolute atomic E-state index is 0.353. The predicted octanol–water partition coefficient (Wildman–Crippen LogP) is 0.617. The standard InChI is InChI=1S/C8H17N3/c1-2-8(4-6-10)11-7-3-5-9/h8,11H,2-5,7,9H2,1H3. The van der Waals surface area contributed by atoms with Gasteiger partial charge in [-0.05, 0) is 25.9 Å². The van der Waals surface area contributed by atoms with Gasteiger partial charge in [-0.1, -0.05) is 6.92 Å². The zero-order valence-electron chi connectivity index (χ0n) is 7.14. The molecule has 0 radical (unpaired) electrons. The first-order valence-electron chi connectivity index (χ1n) is 4.15. The zero-order chi connectivity index (χ0) is 8.53. The molecule has 0 aromatic heterocycles. The van der Waals surface area contributed by atoms with Crippen molar-refractivity contribution in [1.29, 1.82) is 5.26 Å². The second-order valence-electron chi connectivity index (χ2n) is 2.56. The van der Waals surface area contributed by atoms with E-state index in [1.54, 1.807) is 0 Å². The van der Waals surface area contributed by atoms with E-state index in [-0.39, 0.29) is 0 Å². The van der Waals surface area contributed by atoms with Gasteiger partial charge in [-0.15, -0.1) is 0 Å². The third-order valence-electron chi connectivity index (χ3n) is 1.64. The van der Waals surface area contributed by atoms with Gasteiger partial charge in [0.2, 0.25) is 0 Å². The van der Waals surface area contributed by atoms with E-state index in [9.17, 15) is 0 Å². The van der Waals surface area contributed by atoms with Crippen molar-refractivity contribution in [3.05, 3.63) is 0 Å². The molecule has 1 unspecified atom stereocenters. The Kier molecular flexibility index (Phi) is 7.11. The molecule has 0 aromatic carbocycles. The second kappa shape index (κ2) is 7.52. The average molecular weight is 155 g/mol. The fraction of sp³-hybridized carbons (Fsp3) is 0.875. The van der Waals surface area contributed by atoms with Crippen molar-refractivity contribution >= 4 is 0 Å². The van der Waals surface area contributed by atoms with Crippen LogP contribution in [0.5, 0.6) is 0 Å². The Labute approximate surface area is 68.6 Å². The number of hydrogen-bond donors (Lipinski definition) is 2. The number of nitrogens with one attached hydrogen (secondary N) is 1. The summed E-state index contributed by atoms with van der Waals surface area (Å²) in [6.45, 7) is 3.73. The number of nitrogens with two attached hydrogens (primary N) is 1. The van der Waals surface area contributed by atoms with E-state index in [0.717, 1.165) is 25.9 Å². The molecule has 0 saturated heterocycles. The van der Waals surface area contributed by atoms with Crippen molar-refractivity contribution in [3.8, 4) is 6.07 Å². The van der Waals surface area contributed by atoms with E-state index in [1.807, 2.05) is 0 Å². The van der Waals surface area contributed by atoms with Crippen LogP contribution in [0.2, 0.25) is 0 Å². The van der Waals surface area contributed by atoms with E-state index >= 15 is 0 Å². The molecule has 1 atom stereocenters. The summed E-state index contributed by atoms with van der Waals surface area (Å²) >= 11 is 0. The number of nitriles is 1. The average Bonchev–Trinajstić information content (AvgIpc) is 2.03. The molecule has 0 saturated carbocycles. The first-order valence-corrected chi connectivity index (χ1v) is 4.15. The SMILES string of the molecule is CCC(CC#N)NCCCN. The van der Waals surface area contributed by atoms with Crippen LogP contribution < -0.4 is 11.1 Å². The van der Waals surface area contributed by atoms with Gasteiger partial charge < -0.3 is 11.1 Å². The summed E-state index contributed by atoms with van der Waals surface area (Å²) in [7, 11) is 0. The quantitative estimate of drug-likeness (QED) is 0.553. The highest BCUT2D eigenvalue weighted by molar-refractivity contribution is 4.79. The van der Waals surface area contributed by atoms with Crippen LogP contribution in [0.4, 0.5) is 0 Å². The Bertz CT molecular complexity index is 117. The van der Waals surface area contributed by atoms with Crippen molar-refractivity contribution in [2.45, 2.75) is 32.2 Å². The molecule has 0 heterocycles. The van der Waals surface area contributed by atoms with E-state index < -0.39 is 0 Å². The minimum atomic E-state index is 0.353. The summed E-state index contributed by atoms with van der Waals surface area (Å²) in [5.41, 5.74) is 5.33. The highest BCUT2D eigenvalue weighted by atomic mass is 14.9. The molecule has 0 aromatic rings. The summed E-state index contributed by atoms with van der Waals surface area (Å²) in [5, 5.41) is 11.7. The van der Waals surface area contributed by atoms with Crippen molar-refractivity contribution < 1.29 is 0 Å². The van der Waals surface area contributed by atoms with Crippen LogP contribution in [0.15, 0.2) is 0 Å². The molecule has 0 aliphatic heterocycles. The summed E-state index contributed by atoms with van der Waals surface area (Å²) < 4.78 is 0. The van der Waals surface area contributed by atoms with Gasteiger partial charge >= 0.3 is 0 Å². The smallest absolute Gasteiger partial charge is 0.0638 e. The van der Waals surface area contributed by atoms with Gasteiger partial charge in [-0.25, -0.2) is 0 Å². The van der Waals surface area contributed by atoms with Crippen LogP contribution in [0.1, 0.15) is 26.2 Å². The fourth-order valence-corrected chi connectivity index (χ4v) is 0.879. The summed E-state index contributed by atoms with van der Waals surface area (Å²) in [4.78, 5) is 0. The summed E-state index contributed by atoms with van der Waals surface area (Å²) in [6.07, 6.45) is 2.60. The number of hydrogen-bond acceptors (Lipinski definition) is 3. The Hall–Kier alpha value is -0.590. The maximum Gasteiger partial charge on any atom is 0.0638 e. The van der Waals surface area contributed by atoms with Gasteiger partial charge in [-0.2, -0.15) is 5.26 Å². The zero-order valence-corrected chi connectivity index (χ0v) is 7.14. The Balaban J connectivity index is 3.30. The maximum absolute atomic E-state index is 8.41. The molecular formula is C8H17N3. The normalized spacial score (nSPS) is 12.5. The monoisotopic (exact) mass is 155 g/mol. The largest absolute Gasteiger partial charge is 0.330 e. The van der Waals surface area contributed by atoms with Crippen LogP contribution in [0.25, 0.3) is 0 Å². The number of nitrogens with zero attached hydrogens (tertiary/aromatic N) is 1. The van der Waals surface area contributed by atoms with E-state index in [1.165, 1.54) is 0 Å². The molecule has 0 amide bonds. The van der Waals surface area contributed by atoms with Gasteiger partial charge in [0.05, 0.1) is 12.5 Å². The first kappa shape index (κ1) is 10.4. The fourth-order valence-electron chi connectivity index (χ4n) is 0.879. The lowest BCUT2D eigenvalue weighted by molar-refractivity contribution is 0.500. The Morgan fingerprint density at radius 2 is 2.36 bits per heavy atom. The lowest BCUT2D eigenvalue weighted by Crippen LogP contribution is -2.29. The number of rotatable bonds is 6. The van der Waals surface area contributed by atoms with E-state index in [4.69, 9.17) is 11.0 Å². The van der Waals surface area contributed by atoms with Crippen LogP contribution >= 0.6 is 0 Å². The molecule has 0 spiro atoms. The summed E-state index contributed by atoms with van der Waals surface area (Å²) in [5.74, 6) is 0. The van der Waals surface area contributed by atoms with Crippen LogP contribution in [0.3, 0.4) is 0 Å². The molecule has 0 fully saturated rings. The molecule has 0 aliphatic carbocycles. The lowest BCUT2D eigenvalue weighted by atomic mass is 10.1. The summed E-state index contributed by atoms with van der Waals surface area (Å²) in [6, 6.07) is 2.51. The molecule has 3 heteroatoms. The minimum Gasteiger partial charge on any atom is -0.330 e. The molecule has 3 N–H and O–H groups in total. The lowest BCUT2D eigenvalue weighted by Gasteiger charge is -2.12. The third kappa shape index (κ3) is 5.84. The van der Waals surface area contributed by atoms with Crippen molar-refractivity contribution in [2.75, 3.05) is 13.1 Å². The van der Waals surface area contributed by atoms with Gasteiger partial charge in [0.1, 0.15) is 0 Å². The van der Waals surface area contributed by atoms with E-state index in [2.05, 4.69) is 18.3 Å². The van der Waals surface area contributed by atoms with Gasteiger partial charge in [0.25, 0.3) is 0 Å².